The van der Waals surface area contributed by atoms with E-state index in [9.17, 15) is 4.79 Å². The van der Waals surface area contributed by atoms with E-state index in [1.54, 1.807) is 0 Å². The summed E-state index contributed by atoms with van der Waals surface area (Å²) in [5.41, 5.74) is 0. The van der Waals surface area contributed by atoms with E-state index in [-0.39, 0.29) is 36.6 Å². The summed E-state index contributed by atoms with van der Waals surface area (Å²) in [5.74, 6) is 1.85. The number of piperidine rings is 1. The summed E-state index contributed by atoms with van der Waals surface area (Å²) < 4.78 is 0. The molecule has 0 aliphatic carbocycles. The Morgan fingerprint density at radius 1 is 1.24 bits per heavy atom. The Bertz CT molecular complexity index is 270. The van der Waals surface area contributed by atoms with Gasteiger partial charge in [-0.2, -0.15) is 0 Å². The number of halogens is 2. The van der Waals surface area contributed by atoms with Crippen LogP contribution in [0.2, 0.25) is 0 Å². The fourth-order valence-electron chi connectivity index (χ4n) is 3.06. The summed E-state index contributed by atoms with van der Waals surface area (Å²) in [6.07, 6.45) is 2.41. The first kappa shape index (κ1) is 23.2. The van der Waals surface area contributed by atoms with Crippen LogP contribution < -0.4 is 10.6 Å². The van der Waals surface area contributed by atoms with Gasteiger partial charge in [-0.3, -0.25) is 4.79 Å². The molecule has 3 unspecified atom stereocenters. The van der Waals surface area contributed by atoms with Gasteiger partial charge in [0.2, 0.25) is 5.91 Å². The molecule has 1 aliphatic heterocycles. The van der Waals surface area contributed by atoms with Gasteiger partial charge in [-0.1, -0.05) is 20.8 Å². The number of nitrogens with one attached hydrogen (secondary N) is 2. The van der Waals surface area contributed by atoms with Gasteiger partial charge in [0.15, 0.2) is 0 Å². The van der Waals surface area contributed by atoms with Crippen molar-refractivity contribution >= 4 is 30.7 Å². The zero-order valence-corrected chi connectivity index (χ0v) is 15.5. The van der Waals surface area contributed by atoms with Crippen LogP contribution in [0.1, 0.15) is 33.6 Å². The first-order chi connectivity index (χ1) is 9.02. The van der Waals surface area contributed by atoms with Crippen molar-refractivity contribution in [2.45, 2.75) is 33.6 Å². The fourth-order valence-corrected chi connectivity index (χ4v) is 3.06. The van der Waals surface area contributed by atoms with Gasteiger partial charge >= 0.3 is 0 Å². The molecule has 0 aromatic heterocycles. The Labute approximate surface area is 142 Å². The van der Waals surface area contributed by atoms with E-state index < -0.39 is 0 Å². The van der Waals surface area contributed by atoms with Crippen LogP contribution >= 0.6 is 24.8 Å². The predicted molar refractivity (Wildman–Crippen MR) is 94.6 cm³/mol. The molecule has 1 rings (SSSR count). The minimum Gasteiger partial charge on any atom is -0.356 e. The average Bonchev–Trinajstić information content (AvgIpc) is 2.33. The second-order valence-corrected chi connectivity index (χ2v) is 6.31. The Balaban J connectivity index is 0. The van der Waals surface area contributed by atoms with Crippen LogP contribution in [0.25, 0.3) is 0 Å². The quantitative estimate of drug-likeness (QED) is 0.697. The maximum Gasteiger partial charge on any atom is 0.224 e. The van der Waals surface area contributed by atoms with Crippen molar-refractivity contribution in [2.75, 3.05) is 39.8 Å². The third-order valence-electron chi connectivity index (χ3n) is 3.85. The number of hydrogen-bond donors (Lipinski definition) is 2. The summed E-state index contributed by atoms with van der Waals surface area (Å²) in [6, 6.07) is 0. The van der Waals surface area contributed by atoms with Gasteiger partial charge in [0.25, 0.3) is 0 Å². The van der Waals surface area contributed by atoms with Crippen LogP contribution in [0.3, 0.4) is 0 Å². The lowest BCUT2D eigenvalue weighted by Crippen LogP contribution is -2.40. The Morgan fingerprint density at radius 2 is 1.81 bits per heavy atom. The van der Waals surface area contributed by atoms with Crippen LogP contribution in [0.4, 0.5) is 0 Å². The molecule has 0 radical (unpaired) electrons. The molecule has 0 spiro atoms. The molecule has 0 aromatic rings. The van der Waals surface area contributed by atoms with Crippen molar-refractivity contribution in [2.24, 2.45) is 17.8 Å². The monoisotopic (exact) mass is 341 g/mol. The Kier molecular flexibility index (Phi) is 13.8. The van der Waals surface area contributed by atoms with Gasteiger partial charge in [0.05, 0.1) is 0 Å². The first-order valence-corrected chi connectivity index (χ1v) is 7.67. The number of carbonyl (C=O) groups is 1. The van der Waals surface area contributed by atoms with Crippen molar-refractivity contribution in [3.8, 4) is 0 Å². The number of likely N-dealkylation sites (tertiary alicyclic amines) is 1. The fraction of sp³-hybridized carbons (Fsp3) is 0.933. The topological polar surface area (TPSA) is 44.4 Å². The molecular weight excluding hydrogens is 309 g/mol. The lowest BCUT2D eigenvalue weighted by atomic mass is 9.92. The number of carbonyl (C=O) groups excluding carboxylic acids is 1. The van der Waals surface area contributed by atoms with Crippen molar-refractivity contribution < 1.29 is 4.79 Å². The average molecular weight is 342 g/mol. The van der Waals surface area contributed by atoms with Gasteiger partial charge in [0, 0.05) is 32.1 Å². The molecule has 6 heteroatoms. The molecule has 0 bridgehead atoms. The van der Waals surface area contributed by atoms with Gasteiger partial charge in [0.1, 0.15) is 0 Å². The highest BCUT2D eigenvalue weighted by Crippen LogP contribution is 2.20. The highest BCUT2D eigenvalue weighted by molar-refractivity contribution is 5.85. The standard InChI is InChI=1S/C15H31N3O.2ClH/c1-12-8-13(2)11-18(10-12)7-5-6-17-15(19)14(3)9-16-4;;/h12-14,16H,5-11H2,1-4H3,(H,17,19);2*1H. The van der Waals surface area contributed by atoms with E-state index in [0.29, 0.717) is 0 Å². The van der Waals surface area contributed by atoms with E-state index in [2.05, 4.69) is 29.4 Å². The normalized spacial score (nSPS) is 23.6. The van der Waals surface area contributed by atoms with E-state index in [1.807, 2.05) is 14.0 Å². The van der Waals surface area contributed by atoms with E-state index in [1.165, 1.54) is 19.5 Å². The Hall–Kier alpha value is -0.0300. The summed E-state index contributed by atoms with van der Waals surface area (Å²) in [5, 5.41) is 6.05. The van der Waals surface area contributed by atoms with Gasteiger partial charge in [-0.25, -0.2) is 0 Å². The van der Waals surface area contributed by atoms with E-state index >= 15 is 0 Å². The second kappa shape index (κ2) is 12.5. The number of hydrogen-bond acceptors (Lipinski definition) is 3. The second-order valence-electron chi connectivity index (χ2n) is 6.31. The minimum absolute atomic E-state index is 0. The van der Waals surface area contributed by atoms with Gasteiger partial charge in [-0.05, 0) is 38.3 Å². The minimum atomic E-state index is 0. The van der Waals surface area contributed by atoms with Crippen LogP contribution in [0.15, 0.2) is 0 Å². The third-order valence-corrected chi connectivity index (χ3v) is 3.85. The molecule has 1 saturated heterocycles. The molecule has 1 fully saturated rings. The molecule has 21 heavy (non-hydrogen) atoms. The largest absolute Gasteiger partial charge is 0.356 e. The molecule has 4 nitrogen and oxygen atoms in total. The zero-order chi connectivity index (χ0) is 14.3. The van der Waals surface area contributed by atoms with E-state index in [0.717, 1.165) is 37.9 Å². The molecule has 0 aromatic carbocycles. The van der Waals surface area contributed by atoms with Crippen molar-refractivity contribution in [1.29, 1.82) is 0 Å². The van der Waals surface area contributed by atoms with Crippen molar-refractivity contribution in [3.63, 3.8) is 0 Å². The van der Waals surface area contributed by atoms with E-state index in [4.69, 9.17) is 0 Å². The molecular formula is C15H33Cl2N3O. The summed E-state index contributed by atoms with van der Waals surface area (Å²) in [6.45, 7) is 11.7. The van der Waals surface area contributed by atoms with Gasteiger partial charge in [-0.15, -0.1) is 24.8 Å². The van der Waals surface area contributed by atoms with Gasteiger partial charge < -0.3 is 15.5 Å². The molecule has 3 atom stereocenters. The smallest absolute Gasteiger partial charge is 0.224 e. The molecule has 1 amide bonds. The molecule has 1 heterocycles. The van der Waals surface area contributed by atoms with Crippen LogP contribution in [0, 0.1) is 17.8 Å². The number of nitrogens with zero attached hydrogens (tertiary/aromatic N) is 1. The Morgan fingerprint density at radius 3 is 2.33 bits per heavy atom. The van der Waals surface area contributed by atoms with Crippen molar-refractivity contribution in [3.05, 3.63) is 0 Å². The lowest BCUT2D eigenvalue weighted by Gasteiger charge is -2.34. The van der Waals surface area contributed by atoms with Crippen LogP contribution in [0.5, 0.6) is 0 Å². The summed E-state index contributed by atoms with van der Waals surface area (Å²) in [7, 11) is 1.88. The van der Waals surface area contributed by atoms with Crippen LogP contribution in [-0.4, -0.2) is 50.6 Å². The SMILES string of the molecule is CNCC(C)C(=O)NCCCN1CC(C)CC(C)C1.Cl.Cl. The lowest BCUT2D eigenvalue weighted by molar-refractivity contribution is -0.124. The predicted octanol–water partition coefficient (Wildman–Crippen LogP) is 2.17. The number of amides is 1. The first-order valence-electron chi connectivity index (χ1n) is 7.67. The van der Waals surface area contributed by atoms with Crippen LogP contribution in [-0.2, 0) is 4.79 Å². The molecule has 1 aliphatic rings. The zero-order valence-electron chi connectivity index (χ0n) is 13.9. The highest BCUT2D eigenvalue weighted by atomic mass is 35.5. The van der Waals surface area contributed by atoms with Crippen molar-refractivity contribution in [1.82, 2.24) is 15.5 Å². The molecule has 128 valence electrons. The molecule has 0 saturated carbocycles. The maximum absolute atomic E-state index is 11.7. The summed E-state index contributed by atoms with van der Waals surface area (Å²) >= 11 is 0. The maximum atomic E-state index is 11.7. The summed E-state index contributed by atoms with van der Waals surface area (Å²) in [4.78, 5) is 14.3. The molecule has 2 N–H and O–H groups in total. The number of rotatable bonds is 7. The third kappa shape index (κ3) is 9.56. The highest BCUT2D eigenvalue weighted by Gasteiger charge is 2.21.